The van der Waals surface area contributed by atoms with E-state index in [1.54, 1.807) is 6.26 Å². The van der Waals surface area contributed by atoms with Crippen molar-refractivity contribution in [2.24, 2.45) is 17.8 Å². The minimum atomic E-state index is -0.460. The fourth-order valence-corrected chi connectivity index (χ4v) is 6.60. The van der Waals surface area contributed by atoms with Gasteiger partial charge in [0.05, 0.1) is 30.2 Å². The van der Waals surface area contributed by atoms with Crippen LogP contribution in [0, 0.1) is 17.8 Å². The molecule has 3 aromatic carbocycles. The van der Waals surface area contributed by atoms with Gasteiger partial charge < -0.3 is 23.4 Å². The lowest BCUT2D eigenvalue weighted by Crippen LogP contribution is -2.49. The standard InChI is InChI=1S/C42H43N3O6/c1-27-28(2)39(26-48-30(4)46)51-42(29(27)3)50-34-19-17-32(18-20-34)25-49-41-37(23-35-16-11-21-47-35)44-40-36(22-31-12-7-5-8-13-31)43-38(24-45(40)41)33-14-9-6-10-15-33/h5-21,24,27-29,39,42H,22-23,25-26H2,1-4H3. The Morgan fingerprint density at radius 2 is 1.53 bits per heavy atom. The second-order valence-electron chi connectivity index (χ2n) is 13.4. The lowest BCUT2D eigenvalue weighted by atomic mass is 9.79. The fraction of sp³-hybridized carbons (Fsp3) is 0.310. The highest BCUT2D eigenvalue weighted by Gasteiger charge is 2.40. The van der Waals surface area contributed by atoms with Crippen molar-refractivity contribution < 1.29 is 28.2 Å². The zero-order valence-electron chi connectivity index (χ0n) is 29.4. The molecule has 1 fully saturated rings. The van der Waals surface area contributed by atoms with Crippen LogP contribution in [-0.2, 0) is 33.7 Å². The lowest BCUT2D eigenvalue weighted by Gasteiger charge is -2.43. The second kappa shape index (κ2) is 15.2. The molecule has 6 aromatic rings. The number of fused-ring (bicyclic) bond motifs is 1. The van der Waals surface area contributed by atoms with E-state index in [2.05, 4.69) is 45.0 Å². The van der Waals surface area contributed by atoms with E-state index in [9.17, 15) is 4.79 Å². The summed E-state index contributed by atoms with van der Waals surface area (Å²) in [5.41, 5.74) is 6.33. The highest BCUT2D eigenvalue weighted by molar-refractivity contribution is 5.66. The maximum Gasteiger partial charge on any atom is 0.302 e. The molecule has 7 rings (SSSR count). The molecule has 9 heteroatoms. The molecule has 0 bridgehead atoms. The molecule has 0 spiro atoms. The number of furan rings is 1. The highest BCUT2D eigenvalue weighted by Crippen LogP contribution is 2.36. The number of nitrogens with zero attached hydrogens (tertiary/aromatic N) is 3. The number of hydrogen-bond donors (Lipinski definition) is 0. The third-order valence-electron chi connectivity index (χ3n) is 9.89. The second-order valence-corrected chi connectivity index (χ2v) is 13.4. The van der Waals surface area contributed by atoms with Gasteiger partial charge in [-0.2, -0.15) is 0 Å². The van der Waals surface area contributed by atoms with Crippen LogP contribution in [0.15, 0.2) is 114 Å². The first-order chi connectivity index (χ1) is 24.8. The Morgan fingerprint density at radius 1 is 0.784 bits per heavy atom. The van der Waals surface area contributed by atoms with Crippen molar-refractivity contribution in [3.63, 3.8) is 0 Å². The smallest absolute Gasteiger partial charge is 0.302 e. The summed E-state index contributed by atoms with van der Waals surface area (Å²) in [7, 11) is 0. The number of ether oxygens (including phenoxy) is 4. The van der Waals surface area contributed by atoms with E-state index in [1.165, 1.54) is 6.92 Å². The average Bonchev–Trinajstić information content (AvgIpc) is 3.79. The van der Waals surface area contributed by atoms with Crippen molar-refractivity contribution in [1.82, 2.24) is 14.4 Å². The first-order valence-corrected chi connectivity index (χ1v) is 17.5. The molecule has 0 amide bonds. The minimum absolute atomic E-state index is 0.154. The van der Waals surface area contributed by atoms with Crippen molar-refractivity contribution in [1.29, 1.82) is 0 Å². The maximum atomic E-state index is 11.5. The van der Waals surface area contributed by atoms with E-state index in [1.807, 2.05) is 83.4 Å². The summed E-state index contributed by atoms with van der Waals surface area (Å²) in [6.45, 7) is 8.40. The third kappa shape index (κ3) is 7.84. The summed E-state index contributed by atoms with van der Waals surface area (Å²) in [5, 5.41) is 0. The monoisotopic (exact) mass is 685 g/mol. The van der Waals surface area contributed by atoms with Gasteiger partial charge in [-0.3, -0.25) is 9.20 Å². The first-order valence-electron chi connectivity index (χ1n) is 17.5. The molecule has 3 aromatic heterocycles. The van der Waals surface area contributed by atoms with Gasteiger partial charge in [-0.05, 0) is 47.2 Å². The maximum absolute atomic E-state index is 11.5. The Hall–Kier alpha value is -5.41. The number of carbonyl (C=O) groups excluding carboxylic acids is 1. The van der Waals surface area contributed by atoms with Crippen molar-refractivity contribution in [2.75, 3.05) is 6.61 Å². The fourth-order valence-electron chi connectivity index (χ4n) is 6.60. The summed E-state index contributed by atoms with van der Waals surface area (Å²) < 4.78 is 32.3. The molecule has 0 radical (unpaired) electrons. The van der Waals surface area contributed by atoms with E-state index < -0.39 is 6.29 Å². The summed E-state index contributed by atoms with van der Waals surface area (Å²) in [6, 6.07) is 32.2. The normalized spacial score (nSPS) is 20.3. The summed E-state index contributed by atoms with van der Waals surface area (Å²) in [5.74, 6) is 2.52. The summed E-state index contributed by atoms with van der Waals surface area (Å²) in [4.78, 5) is 21.7. The van der Waals surface area contributed by atoms with E-state index in [-0.39, 0.29) is 30.5 Å². The van der Waals surface area contributed by atoms with E-state index in [4.69, 9.17) is 33.3 Å². The van der Waals surface area contributed by atoms with Gasteiger partial charge in [0.2, 0.25) is 12.2 Å². The SMILES string of the molecule is CC(=O)OCC1OC(Oc2ccc(COc3c(Cc4ccco4)nc4c(Cc5ccccc5)nc(-c5ccccc5)cn34)cc2)C(C)C(C)C1C. The molecular weight excluding hydrogens is 642 g/mol. The van der Waals surface area contributed by atoms with Crippen LogP contribution in [0.1, 0.15) is 56.0 Å². The molecule has 4 heterocycles. The molecule has 1 aliphatic heterocycles. The largest absolute Gasteiger partial charge is 0.472 e. The van der Waals surface area contributed by atoms with Gasteiger partial charge in [-0.15, -0.1) is 0 Å². The van der Waals surface area contributed by atoms with Gasteiger partial charge in [0.25, 0.3) is 0 Å². The van der Waals surface area contributed by atoms with Gasteiger partial charge in [0, 0.05) is 31.0 Å². The van der Waals surface area contributed by atoms with E-state index >= 15 is 0 Å². The van der Waals surface area contributed by atoms with Crippen LogP contribution >= 0.6 is 0 Å². The number of esters is 1. The van der Waals surface area contributed by atoms with Gasteiger partial charge in [-0.1, -0.05) is 93.6 Å². The van der Waals surface area contributed by atoms with Crippen LogP contribution in [-0.4, -0.2) is 39.3 Å². The highest BCUT2D eigenvalue weighted by atomic mass is 16.7. The Bertz CT molecular complexity index is 2040. The average molecular weight is 686 g/mol. The van der Waals surface area contributed by atoms with Crippen LogP contribution in [0.25, 0.3) is 16.9 Å². The molecule has 5 unspecified atom stereocenters. The van der Waals surface area contributed by atoms with Crippen LogP contribution in [0.2, 0.25) is 0 Å². The van der Waals surface area contributed by atoms with E-state index in [0.29, 0.717) is 37.0 Å². The predicted octanol–water partition coefficient (Wildman–Crippen LogP) is 8.33. The van der Waals surface area contributed by atoms with Crippen molar-refractivity contribution in [3.8, 4) is 22.9 Å². The summed E-state index contributed by atoms with van der Waals surface area (Å²) >= 11 is 0. The van der Waals surface area contributed by atoms with Crippen LogP contribution < -0.4 is 9.47 Å². The molecular formula is C42H43N3O6. The molecule has 9 nitrogen and oxygen atoms in total. The summed E-state index contributed by atoms with van der Waals surface area (Å²) in [6.07, 6.45) is 4.08. The van der Waals surface area contributed by atoms with E-state index in [0.717, 1.165) is 45.2 Å². The first kappa shape index (κ1) is 34.1. The molecule has 51 heavy (non-hydrogen) atoms. The van der Waals surface area contributed by atoms with Crippen LogP contribution in [0.3, 0.4) is 0 Å². The quantitative estimate of drug-likeness (QED) is 0.119. The topological polar surface area (TPSA) is 97.3 Å². The number of benzene rings is 3. The van der Waals surface area contributed by atoms with Gasteiger partial charge >= 0.3 is 5.97 Å². The Morgan fingerprint density at radius 3 is 2.24 bits per heavy atom. The molecule has 0 saturated carbocycles. The number of hydrogen-bond acceptors (Lipinski definition) is 8. The molecule has 5 atom stereocenters. The Balaban J connectivity index is 1.15. The Kier molecular flexibility index (Phi) is 10.2. The number of imidazole rings is 1. The molecule has 0 N–H and O–H groups in total. The minimum Gasteiger partial charge on any atom is -0.472 e. The number of carbonyl (C=O) groups is 1. The van der Waals surface area contributed by atoms with Gasteiger partial charge in [0.15, 0.2) is 5.65 Å². The zero-order chi connectivity index (χ0) is 35.3. The van der Waals surface area contributed by atoms with Crippen LogP contribution in [0.5, 0.6) is 11.6 Å². The Labute approximate surface area is 298 Å². The molecule has 1 saturated heterocycles. The molecule has 1 aliphatic rings. The van der Waals surface area contributed by atoms with Gasteiger partial charge in [-0.25, -0.2) is 9.97 Å². The molecule has 0 aliphatic carbocycles. The third-order valence-corrected chi connectivity index (χ3v) is 9.89. The number of aromatic nitrogens is 3. The van der Waals surface area contributed by atoms with Crippen LogP contribution in [0.4, 0.5) is 0 Å². The predicted molar refractivity (Wildman–Crippen MR) is 193 cm³/mol. The van der Waals surface area contributed by atoms with Crippen molar-refractivity contribution in [3.05, 3.63) is 138 Å². The van der Waals surface area contributed by atoms with Crippen molar-refractivity contribution >= 4 is 11.6 Å². The van der Waals surface area contributed by atoms with Crippen molar-refractivity contribution in [2.45, 2.75) is 59.5 Å². The lowest BCUT2D eigenvalue weighted by molar-refractivity contribution is -0.223. The zero-order valence-corrected chi connectivity index (χ0v) is 29.4. The van der Waals surface area contributed by atoms with Gasteiger partial charge in [0.1, 0.15) is 30.4 Å². The molecule has 262 valence electrons. The number of rotatable bonds is 12.